The molecule has 0 heterocycles. The maximum Gasteiger partial charge on any atom is 1.00 e. The molecule has 3 nitrogen and oxygen atoms in total. The number of hydrogen-bond acceptors (Lipinski definition) is 3. The molecule has 0 atom stereocenters. The van der Waals surface area contributed by atoms with Gasteiger partial charge in [-0.2, -0.15) is 0 Å². The summed E-state index contributed by atoms with van der Waals surface area (Å²) in [5, 5.41) is 0. The van der Waals surface area contributed by atoms with E-state index in [-0.39, 0.29) is 29.6 Å². The minimum atomic E-state index is -4.02. The smallest absolute Gasteiger partial charge is 0.748 e. The summed E-state index contributed by atoms with van der Waals surface area (Å²) in [5.74, 6) is -0.562. The van der Waals surface area contributed by atoms with Crippen molar-refractivity contribution in [3.8, 4) is 0 Å². The summed E-state index contributed by atoms with van der Waals surface area (Å²) in [7, 11) is -4.02. The van der Waals surface area contributed by atoms with Gasteiger partial charge >= 0.3 is 29.6 Å². The fourth-order valence-electron chi connectivity index (χ4n) is 0. The molecule has 0 bridgehead atoms. The normalized spacial score (nSPS) is 10.0. The van der Waals surface area contributed by atoms with Gasteiger partial charge in [0, 0.05) is 5.75 Å². The van der Waals surface area contributed by atoms with E-state index in [1.54, 1.807) is 0 Å². The van der Waals surface area contributed by atoms with Crippen LogP contribution in [0.1, 0.15) is 0 Å². The Kier molecular flexibility index (Phi) is 5.96. The van der Waals surface area contributed by atoms with Gasteiger partial charge in [0.15, 0.2) is 0 Å². The van der Waals surface area contributed by atoms with Crippen LogP contribution in [0.3, 0.4) is 0 Å². The average molecular weight is 131 g/mol. The van der Waals surface area contributed by atoms with Crippen LogP contribution in [0.25, 0.3) is 0 Å². The molecule has 0 aliphatic heterocycles. The molecule has 0 rings (SSSR count). The van der Waals surface area contributed by atoms with Crippen molar-refractivity contribution in [2.24, 2.45) is 0 Å². The predicted molar refractivity (Wildman–Crippen MR) is 19.9 cm³/mol. The van der Waals surface area contributed by atoms with E-state index in [1.165, 1.54) is 0 Å². The Balaban J connectivity index is 0. The average Bonchev–Trinajstić information content (AvgIpc) is 1.35. The first kappa shape index (κ1) is 10.8. The first-order valence-electron chi connectivity index (χ1n) is 1.29. The van der Waals surface area contributed by atoms with E-state index in [2.05, 4.69) is 6.92 Å². The summed E-state index contributed by atoms with van der Waals surface area (Å²) in [5.41, 5.74) is 0. The van der Waals surface area contributed by atoms with Gasteiger partial charge in [-0.05, 0) is 6.92 Å². The summed E-state index contributed by atoms with van der Waals surface area (Å²) in [6.07, 6.45) is 0. The molecule has 7 heavy (non-hydrogen) atoms. The maximum absolute atomic E-state index is 9.38. The van der Waals surface area contributed by atoms with Crippen molar-refractivity contribution < 1.29 is 42.5 Å². The van der Waals surface area contributed by atoms with E-state index >= 15 is 0 Å². The Labute approximate surface area is 65.1 Å². The summed E-state index contributed by atoms with van der Waals surface area (Å²) in [6, 6.07) is 0. The van der Waals surface area contributed by atoms with Crippen LogP contribution in [0.2, 0.25) is 0 Å². The summed E-state index contributed by atoms with van der Waals surface area (Å²) < 4.78 is 28.1. The quantitative estimate of drug-likeness (QED) is 0.272. The van der Waals surface area contributed by atoms with Crippen molar-refractivity contribution in [3.63, 3.8) is 0 Å². The van der Waals surface area contributed by atoms with Crippen LogP contribution >= 0.6 is 0 Å². The van der Waals surface area contributed by atoms with Crippen LogP contribution in [-0.2, 0) is 10.1 Å². The first-order valence-corrected chi connectivity index (χ1v) is 2.87. The van der Waals surface area contributed by atoms with Crippen molar-refractivity contribution in [2.45, 2.75) is 0 Å². The molecule has 0 saturated heterocycles. The molecule has 0 N–H and O–H groups in total. The zero-order valence-corrected chi connectivity index (χ0v) is 6.86. The largest absolute Gasteiger partial charge is 1.00 e. The number of rotatable bonds is 1. The van der Waals surface area contributed by atoms with E-state index in [9.17, 15) is 13.0 Å². The molecule has 0 aliphatic carbocycles. The fraction of sp³-hybridized carbons (Fsp3) is 0.500. The van der Waals surface area contributed by atoms with Gasteiger partial charge in [0.2, 0.25) is 0 Å². The molecule has 0 aromatic rings. The summed E-state index contributed by atoms with van der Waals surface area (Å²) >= 11 is 0. The van der Waals surface area contributed by atoms with Crippen molar-refractivity contribution in [3.05, 3.63) is 6.92 Å². The van der Waals surface area contributed by atoms with Gasteiger partial charge in [-0.25, -0.2) is 8.42 Å². The third kappa shape index (κ3) is 10.9. The maximum atomic E-state index is 9.38. The predicted octanol–water partition coefficient (Wildman–Crippen LogP) is -3.63. The van der Waals surface area contributed by atoms with Crippen molar-refractivity contribution >= 4 is 10.1 Å². The molecular weight excluding hydrogens is 127 g/mol. The molecule has 0 amide bonds. The van der Waals surface area contributed by atoms with E-state index < -0.39 is 15.9 Å². The molecule has 5 heteroatoms. The third-order valence-electron chi connectivity index (χ3n) is 0.250. The molecule has 0 aliphatic rings. The minimum Gasteiger partial charge on any atom is -0.748 e. The third-order valence-corrected chi connectivity index (χ3v) is 0.750. The van der Waals surface area contributed by atoms with Crippen LogP contribution in [0, 0.1) is 6.92 Å². The van der Waals surface area contributed by atoms with E-state index in [1.807, 2.05) is 0 Å². The molecule has 0 saturated carbocycles. The Morgan fingerprint density at radius 1 is 1.57 bits per heavy atom. The molecular formula is C2H4NaO3S. The van der Waals surface area contributed by atoms with Crippen LogP contribution in [0.5, 0.6) is 0 Å². The molecule has 0 fully saturated rings. The van der Waals surface area contributed by atoms with E-state index in [0.717, 1.165) is 0 Å². The van der Waals surface area contributed by atoms with Gasteiger partial charge < -0.3 is 4.55 Å². The second kappa shape index (κ2) is 3.86. The van der Waals surface area contributed by atoms with Crippen molar-refractivity contribution in [2.75, 3.05) is 5.75 Å². The first-order chi connectivity index (χ1) is 2.56. The van der Waals surface area contributed by atoms with Crippen LogP contribution in [-0.4, -0.2) is 18.7 Å². The van der Waals surface area contributed by atoms with E-state index in [0.29, 0.717) is 0 Å². The second-order valence-corrected chi connectivity index (χ2v) is 2.29. The minimum absolute atomic E-state index is 0. The Morgan fingerprint density at radius 2 is 1.71 bits per heavy atom. The van der Waals surface area contributed by atoms with Gasteiger partial charge in [-0.3, -0.25) is 0 Å². The van der Waals surface area contributed by atoms with Crippen molar-refractivity contribution in [1.29, 1.82) is 0 Å². The van der Waals surface area contributed by atoms with Gasteiger partial charge in [0.1, 0.15) is 0 Å². The molecule has 1 radical (unpaired) electrons. The molecule has 0 spiro atoms. The molecule has 0 aromatic heterocycles. The summed E-state index contributed by atoms with van der Waals surface area (Å²) in [6.45, 7) is 2.86. The zero-order valence-electron chi connectivity index (χ0n) is 4.05. The van der Waals surface area contributed by atoms with Crippen molar-refractivity contribution in [1.82, 2.24) is 0 Å². The standard InChI is InChI=1S/C2H5O3S.Na/c1-2-6(3,4)5;/h1-2H2,(H,3,4,5);/q;+1/p-1. The fourth-order valence-corrected chi connectivity index (χ4v) is 0. The van der Waals surface area contributed by atoms with Gasteiger partial charge in [-0.15, -0.1) is 0 Å². The SMILES string of the molecule is [CH2]CS(=O)(=O)[O-].[Na+]. The molecule has 0 aromatic carbocycles. The Morgan fingerprint density at radius 3 is 1.71 bits per heavy atom. The topological polar surface area (TPSA) is 57.2 Å². The summed E-state index contributed by atoms with van der Waals surface area (Å²) in [4.78, 5) is 0. The molecule has 0 unspecified atom stereocenters. The van der Waals surface area contributed by atoms with Crippen LogP contribution in [0.4, 0.5) is 0 Å². The van der Waals surface area contributed by atoms with Gasteiger partial charge in [-0.1, -0.05) is 0 Å². The second-order valence-electron chi connectivity index (χ2n) is 0.762. The van der Waals surface area contributed by atoms with E-state index in [4.69, 9.17) is 0 Å². The Hall–Kier alpha value is 0.910. The zero-order chi connectivity index (χ0) is 5.21. The monoisotopic (exact) mass is 131 g/mol. The number of hydrogen-bond donors (Lipinski definition) is 0. The van der Waals surface area contributed by atoms with Crippen LogP contribution in [0.15, 0.2) is 0 Å². The molecule has 37 valence electrons. The Bertz CT molecular complexity index is 115. The van der Waals surface area contributed by atoms with Gasteiger partial charge in [0.25, 0.3) is 0 Å². The van der Waals surface area contributed by atoms with Crippen LogP contribution < -0.4 is 29.6 Å². The van der Waals surface area contributed by atoms with Gasteiger partial charge in [0.05, 0.1) is 10.1 Å².